The van der Waals surface area contributed by atoms with Gasteiger partial charge in [-0.15, -0.1) is 0 Å². The minimum atomic E-state index is -1.13. The Hall–Kier alpha value is -17.0. The van der Waals surface area contributed by atoms with Crippen molar-refractivity contribution < 1.29 is 0 Å². The lowest BCUT2D eigenvalue weighted by Crippen LogP contribution is -2.48. The normalized spacial score (nSPS) is 13.5. The number of rotatable bonds is 12. The number of aromatic nitrogens is 10. The second kappa shape index (κ2) is 26.8. The fourth-order valence-electron chi connectivity index (χ4n) is 21.4. The summed E-state index contributed by atoms with van der Waals surface area (Å²) in [5, 5.41) is 7.15. The van der Waals surface area contributed by atoms with Crippen LogP contribution in [0, 0.1) is 0 Å². The van der Waals surface area contributed by atoms with E-state index in [1.54, 1.807) is 0 Å². The number of imidazole rings is 4. The molecule has 0 saturated carbocycles. The highest BCUT2D eigenvalue weighted by Crippen LogP contribution is 2.57. The van der Waals surface area contributed by atoms with Crippen molar-refractivity contribution in [3.63, 3.8) is 0 Å². The summed E-state index contributed by atoms with van der Waals surface area (Å²) in [6.07, 6.45) is 0. The second-order valence-electron chi connectivity index (χ2n) is 33.3. The molecule has 18 aromatic carbocycles. The Morgan fingerprint density at radius 3 is 1.10 bits per heavy atom. The van der Waals surface area contributed by atoms with Crippen LogP contribution in [-0.4, -0.2) is 47.2 Å². The highest BCUT2D eigenvalue weighted by atomic mass is 15.5. The zero-order valence-electron chi connectivity index (χ0n) is 67.9. The Kier molecular flexibility index (Phi) is 14.8. The van der Waals surface area contributed by atoms with Gasteiger partial charge < -0.3 is 8.97 Å². The number of para-hydroxylation sites is 11. The molecule has 12 heteroatoms. The van der Waals surface area contributed by atoms with Crippen LogP contribution in [0.2, 0.25) is 0 Å². The maximum atomic E-state index is 5.79. The monoisotopic (exact) mass is 1610 g/mol. The van der Waals surface area contributed by atoms with E-state index >= 15 is 0 Å². The summed E-state index contributed by atoms with van der Waals surface area (Å²) in [5.74, 6) is 3.00. The number of hydrogen-bond donors (Lipinski definition) is 0. The lowest BCUT2D eigenvalue weighted by molar-refractivity contribution is 0.370. The van der Waals surface area contributed by atoms with E-state index in [4.69, 9.17) is 19.9 Å². The highest BCUT2D eigenvalue weighted by Gasteiger charge is 2.52. The van der Waals surface area contributed by atoms with Crippen LogP contribution in [0.5, 0.6) is 0 Å². The smallest absolute Gasteiger partial charge is 0.220 e. The number of anilines is 6. The lowest BCUT2D eigenvalue weighted by Gasteiger charge is -2.46. The number of hydrogen-bond acceptors (Lipinski definition) is 6. The summed E-state index contributed by atoms with van der Waals surface area (Å²) >= 11 is 0. The zero-order valence-corrected chi connectivity index (χ0v) is 67.9. The molecule has 0 unspecified atom stereocenters. The Morgan fingerprint density at radius 1 is 0.183 bits per heavy atom. The molecule has 7 aromatic heterocycles. The average molecular weight is 1610 g/mol. The SMILES string of the molecule is c1ccc(-c2ccc(C3(c4ccccc4)n4c(nc5ccccc54)N(c4ccc5c6ccccc6n(-c6cccc(-c7ccccc7-c7ccc(-c8cccc(C9(c%10cccc(-c%11ccccc%11)c%10)n%10c(nc%11ccccc%11%10)N(c%10ccc%11c(c%10)c%10cccc%12c%13ccccc%13n%11c%12%10)c%10nc%11ccccc%11n%109)c8)cc7)c6)c5c4)c4nc5ccccc5n43)cc2)cc1. The van der Waals surface area contributed by atoms with Gasteiger partial charge in [0.25, 0.3) is 0 Å². The summed E-state index contributed by atoms with van der Waals surface area (Å²) in [4.78, 5) is 27.6. The van der Waals surface area contributed by atoms with Gasteiger partial charge in [0.1, 0.15) is 0 Å². The molecule has 0 fully saturated rings. The second-order valence-corrected chi connectivity index (χ2v) is 33.3. The third-order valence-corrected chi connectivity index (χ3v) is 26.7. The molecule has 25 aromatic rings. The fourth-order valence-corrected chi connectivity index (χ4v) is 21.4. The van der Waals surface area contributed by atoms with Gasteiger partial charge in [0, 0.05) is 60.3 Å². The minimum absolute atomic E-state index is 0.750. The molecule has 0 amide bonds. The van der Waals surface area contributed by atoms with Gasteiger partial charge in [0.05, 0.1) is 83.1 Å². The summed E-state index contributed by atoms with van der Waals surface area (Å²) < 4.78 is 14.8. The zero-order chi connectivity index (χ0) is 82.5. The van der Waals surface area contributed by atoms with Crippen molar-refractivity contribution in [3.05, 3.63) is 459 Å². The average Bonchev–Trinajstić information content (AvgIpc) is 1.48. The van der Waals surface area contributed by atoms with Crippen molar-refractivity contribution in [1.29, 1.82) is 0 Å². The molecule has 0 radical (unpaired) electrons. The van der Waals surface area contributed by atoms with E-state index in [1.807, 2.05) is 0 Å². The van der Waals surface area contributed by atoms with Crippen LogP contribution in [0.4, 0.5) is 35.2 Å². The number of benzene rings is 18. The minimum Gasteiger partial charge on any atom is -0.309 e. The van der Waals surface area contributed by atoms with E-state index in [0.29, 0.717) is 0 Å². The molecule has 2 aliphatic rings. The van der Waals surface area contributed by atoms with Crippen LogP contribution in [0.1, 0.15) is 22.3 Å². The third kappa shape index (κ3) is 9.82. The van der Waals surface area contributed by atoms with Gasteiger partial charge in [-0.1, -0.05) is 322 Å². The standard InChI is InChI=1S/C114H72N12/c1-4-28-73(29-5-1)75-60-62-82(63-61-75)113(81-35-8-3-9-36-81)123-103-52-20-14-46-96(103)117-111(123)121(112-118-97-47-15-21-53-104(97)124(112)113)87-64-66-92-90-42-12-18-50-100(90)119(107(92)72-87)85-39-26-34-80(70-85)89-41-11-10-40-88(89)77-58-56-76(57-59-77)79-33-25-38-84(69-79)114(83-37-24-32-78(68-83)74-30-6-2-7-31-74)125-105-54-22-16-48-98(105)115-109(125)120(110-116-99-49-17-23-55-106(99)126(110)114)86-65-67-102-95(71-86)94-45-27-44-93-91-43-13-19-51-101(91)122(102)108(93)94/h1-72H. The van der Waals surface area contributed by atoms with Crippen LogP contribution in [0.3, 0.4) is 0 Å². The fraction of sp³-hybridized carbons (Fsp3) is 0.0175. The van der Waals surface area contributed by atoms with Crippen molar-refractivity contribution in [3.8, 4) is 61.3 Å². The van der Waals surface area contributed by atoms with Crippen molar-refractivity contribution in [2.45, 2.75) is 11.3 Å². The molecule has 126 heavy (non-hydrogen) atoms. The third-order valence-electron chi connectivity index (χ3n) is 26.7. The Balaban J connectivity index is 0.590. The Labute approximate surface area is 723 Å². The van der Waals surface area contributed by atoms with Crippen LogP contribution in [-0.2, 0) is 11.3 Å². The molecule has 588 valence electrons. The highest BCUT2D eigenvalue weighted by molar-refractivity contribution is 6.24. The number of nitrogens with zero attached hydrogens (tertiary/aromatic N) is 12. The van der Waals surface area contributed by atoms with Gasteiger partial charge >= 0.3 is 0 Å². The van der Waals surface area contributed by atoms with Crippen LogP contribution in [0.15, 0.2) is 437 Å². The molecule has 9 heterocycles. The van der Waals surface area contributed by atoms with Gasteiger partial charge in [-0.05, 0) is 171 Å². The molecule has 2 aliphatic heterocycles. The van der Waals surface area contributed by atoms with Crippen molar-refractivity contribution >= 4 is 139 Å². The molecule has 0 bridgehead atoms. The Bertz CT molecular complexity index is 8580. The molecular formula is C114H72N12. The maximum absolute atomic E-state index is 5.79. The first kappa shape index (κ1) is 69.8. The first-order valence-corrected chi connectivity index (χ1v) is 43.0. The van der Waals surface area contributed by atoms with Crippen molar-refractivity contribution in [1.82, 2.24) is 47.2 Å². The molecule has 0 N–H and O–H groups in total. The first-order chi connectivity index (χ1) is 62.5. The summed E-state index contributed by atoms with van der Waals surface area (Å²) in [5.41, 5.74) is 29.3. The summed E-state index contributed by atoms with van der Waals surface area (Å²) in [7, 11) is 0. The van der Waals surface area contributed by atoms with Gasteiger partial charge in [0.2, 0.25) is 23.8 Å². The molecule has 12 nitrogen and oxygen atoms in total. The topological polar surface area (TPSA) is 87.1 Å². The van der Waals surface area contributed by atoms with E-state index < -0.39 is 11.3 Å². The van der Waals surface area contributed by atoms with Crippen molar-refractivity contribution in [2.75, 3.05) is 9.80 Å². The van der Waals surface area contributed by atoms with Crippen LogP contribution in [0.25, 0.3) is 165 Å². The van der Waals surface area contributed by atoms with Gasteiger partial charge in [-0.25, -0.2) is 29.7 Å². The van der Waals surface area contributed by atoms with E-state index in [0.717, 1.165) is 196 Å². The van der Waals surface area contributed by atoms with Crippen LogP contribution < -0.4 is 9.80 Å². The van der Waals surface area contributed by atoms with E-state index in [2.05, 4.69) is 474 Å². The van der Waals surface area contributed by atoms with Crippen molar-refractivity contribution in [2.24, 2.45) is 0 Å². The molecule has 0 saturated heterocycles. The predicted molar refractivity (Wildman–Crippen MR) is 514 cm³/mol. The quantitative estimate of drug-likeness (QED) is 0.121. The molecule has 0 atom stereocenters. The Morgan fingerprint density at radius 2 is 0.532 bits per heavy atom. The van der Waals surface area contributed by atoms with Gasteiger partial charge in [-0.3, -0.25) is 18.3 Å². The summed E-state index contributed by atoms with van der Waals surface area (Å²) in [6.45, 7) is 0. The molecule has 27 rings (SSSR count). The lowest BCUT2D eigenvalue weighted by atomic mass is 9.85. The van der Waals surface area contributed by atoms with E-state index in [1.165, 1.54) is 27.2 Å². The van der Waals surface area contributed by atoms with Gasteiger partial charge in [0.15, 0.2) is 11.3 Å². The number of fused-ring (bicyclic) bond motifs is 21. The van der Waals surface area contributed by atoms with E-state index in [-0.39, 0.29) is 0 Å². The summed E-state index contributed by atoms with van der Waals surface area (Å²) in [6, 6.07) is 159. The first-order valence-electron chi connectivity index (χ1n) is 43.0. The maximum Gasteiger partial charge on any atom is 0.220 e. The molecule has 0 aliphatic carbocycles. The van der Waals surface area contributed by atoms with Gasteiger partial charge in [-0.2, -0.15) is 0 Å². The molecular weight excluding hydrogens is 1540 g/mol. The van der Waals surface area contributed by atoms with Crippen LogP contribution >= 0.6 is 0 Å². The predicted octanol–water partition coefficient (Wildman–Crippen LogP) is 27.8. The van der Waals surface area contributed by atoms with E-state index in [9.17, 15) is 0 Å². The molecule has 0 spiro atoms. The largest absolute Gasteiger partial charge is 0.309 e.